The van der Waals surface area contributed by atoms with Crippen LogP contribution in [0.3, 0.4) is 0 Å². The van der Waals surface area contributed by atoms with Crippen LogP contribution in [0.1, 0.15) is 45.3 Å². The third kappa shape index (κ3) is 3.44. The zero-order valence-corrected chi connectivity index (χ0v) is 13.3. The zero-order valence-electron chi connectivity index (χ0n) is 13.3. The molecule has 4 heteroatoms. The number of nitrogens with zero attached hydrogens (tertiary/aromatic N) is 1. The fourth-order valence-corrected chi connectivity index (χ4v) is 2.74. The van der Waals surface area contributed by atoms with Crippen molar-refractivity contribution < 1.29 is 9.53 Å². The Morgan fingerprint density at radius 2 is 2.00 bits per heavy atom. The maximum absolute atomic E-state index is 12.7. The molecule has 0 bridgehead atoms. The van der Waals surface area contributed by atoms with E-state index >= 15 is 0 Å². The highest BCUT2D eigenvalue weighted by Gasteiger charge is 2.46. The average Bonchev–Trinajstić information content (AvgIpc) is 2.78. The normalized spacial score (nSPS) is 25.6. The van der Waals surface area contributed by atoms with Crippen molar-refractivity contribution >= 4 is 5.91 Å². The van der Waals surface area contributed by atoms with Crippen LogP contribution in [-0.4, -0.2) is 36.1 Å². The molecule has 1 aromatic carbocycles. The number of rotatable bonds is 7. The second-order valence-corrected chi connectivity index (χ2v) is 5.69. The molecule has 1 aromatic rings. The number of nitrogens with one attached hydrogen (secondary N) is 1. The van der Waals surface area contributed by atoms with Crippen LogP contribution in [0.15, 0.2) is 30.3 Å². The lowest BCUT2D eigenvalue weighted by molar-refractivity contribution is -0.133. The van der Waals surface area contributed by atoms with Gasteiger partial charge in [-0.15, -0.1) is 0 Å². The average molecular weight is 290 g/mol. The third-order valence-electron chi connectivity index (χ3n) is 4.21. The maximum atomic E-state index is 12.7. The fraction of sp³-hybridized carbons (Fsp3) is 0.588. The molecule has 1 amide bonds. The molecule has 1 heterocycles. The van der Waals surface area contributed by atoms with Gasteiger partial charge in [0.25, 0.3) is 0 Å². The first-order valence-corrected chi connectivity index (χ1v) is 7.84. The number of amides is 1. The minimum atomic E-state index is -0.466. The summed E-state index contributed by atoms with van der Waals surface area (Å²) in [6.45, 7) is 8.18. The van der Waals surface area contributed by atoms with E-state index in [9.17, 15) is 4.79 Å². The molecule has 1 N–H and O–H groups in total. The molecule has 0 radical (unpaired) electrons. The Bertz CT molecular complexity index is 463. The largest absolute Gasteiger partial charge is 0.382 e. The summed E-state index contributed by atoms with van der Waals surface area (Å²) in [5.41, 5.74) is 0.672. The van der Waals surface area contributed by atoms with Crippen molar-refractivity contribution in [1.82, 2.24) is 10.2 Å². The van der Waals surface area contributed by atoms with Crippen LogP contribution in [0.25, 0.3) is 0 Å². The fourth-order valence-electron chi connectivity index (χ4n) is 2.74. The zero-order chi connectivity index (χ0) is 15.3. The van der Waals surface area contributed by atoms with Gasteiger partial charge in [0.05, 0.1) is 5.54 Å². The van der Waals surface area contributed by atoms with Crippen molar-refractivity contribution in [3.63, 3.8) is 0 Å². The van der Waals surface area contributed by atoms with Crippen LogP contribution in [-0.2, 0) is 9.53 Å². The highest BCUT2D eigenvalue weighted by atomic mass is 16.5. The van der Waals surface area contributed by atoms with Crippen molar-refractivity contribution in [2.75, 3.05) is 19.8 Å². The van der Waals surface area contributed by atoms with Crippen molar-refractivity contribution in [3.8, 4) is 0 Å². The first-order valence-electron chi connectivity index (χ1n) is 7.84. The summed E-state index contributed by atoms with van der Waals surface area (Å²) in [7, 11) is 0. The molecule has 0 aliphatic carbocycles. The molecule has 0 aromatic heterocycles. The smallest absolute Gasteiger partial charge is 0.244 e. The Morgan fingerprint density at radius 1 is 1.29 bits per heavy atom. The van der Waals surface area contributed by atoms with Crippen molar-refractivity contribution in [2.24, 2.45) is 0 Å². The molecule has 1 fully saturated rings. The van der Waals surface area contributed by atoms with Crippen molar-refractivity contribution in [2.45, 2.75) is 45.3 Å². The molecular formula is C17H26N2O2. The molecule has 1 aliphatic rings. The van der Waals surface area contributed by atoms with Crippen LogP contribution in [0.4, 0.5) is 0 Å². The van der Waals surface area contributed by atoms with Gasteiger partial charge < -0.3 is 9.64 Å². The van der Waals surface area contributed by atoms with Gasteiger partial charge in [-0.2, -0.15) is 0 Å². The number of hydrogen-bond acceptors (Lipinski definition) is 3. The van der Waals surface area contributed by atoms with E-state index in [-0.39, 0.29) is 12.1 Å². The van der Waals surface area contributed by atoms with Gasteiger partial charge in [-0.25, -0.2) is 0 Å². The SMILES string of the molecule is CCOCCCN1C(=O)C(C)(CC)NC1c1ccccc1. The predicted molar refractivity (Wildman–Crippen MR) is 83.8 cm³/mol. The van der Waals surface area contributed by atoms with Crippen molar-refractivity contribution in [1.29, 1.82) is 0 Å². The van der Waals surface area contributed by atoms with E-state index in [0.717, 1.165) is 31.6 Å². The van der Waals surface area contributed by atoms with E-state index in [1.807, 2.05) is 36.9 Å². The Kier molecular flexibility index (Phi) is 5.37. The number of ether oxygens (including phenoxy) is 1. The van der Waals surface area contributed by atoms with E-state index in [0.29, 0.717) is 6.61 Å². The summed E-state index contributed by atoms with van der Waals surface area (Å²) >= 11 is 0. The quantitative estimate of drug-likeness (QED) is 0.785. The van der Waals surface area contributed by atoms with Gasteiger partial charge in [0.1, 0.15) is 6.17 Å². The van der Waals surface area contributed by atoms with Crippen LogP contribution >= 0.6 is 0 Å². The first-order chi connectivity index (χ1) is 10.1. The number of carbonyl (C=O) groups is 1. The highest BCUT2D eigenvalue weighted by molar-refractivity contribution is 5.88. The monoisotopic (exact) mass is 290 g/mol. The summed E-state index contributed by atoms with van der Waals surface area (Å²) in [6.07, 6.45) is 1.62. The minimum Gasteiger partial charge on any atom is -0.382 e. The lowest BCUT2D eigenvalue weighted by Gasteiger charge is -2.24. The number of benzene rings is 1. The van der Waals surface area contributed by atoms with E-state index < -0.39 is 5.54 Å². The standard InChI is InChI=1S/C17H26N2O2/c1-4-17(3)16(20)19(12-9-13-21-5-2)15(18-17)14-10-7-6-8-11-14/h6-8,10-11,15,18H,4-5,9,12-13H2,1-3H3. The lowest BCUT2D eigenvalue weighted by atomic mass is 9.99. The summed E-state index contributed by atoms with van der Waals surface area (Å²) in [5, 5.41) is 3.51. The van der Waals surface area contributed by atoms with Gasteiger partial charge in [0.2, 0.25) is 5.91 Å². The van der Waals surface area contributed by atoms with E-state index in [2.05, 4.69) is 24.4 Å². The minimum absolute atomic E-state index is 0.0368. The molecule has 2 rings (SSSR count). The van der Waals surface area contributed by atoms with Crippen LogP contribution in [0.5, 0.6) is 0 Å². The molecule has 2 unspecified atom stereocenters. The molecule has 1 saturated heterocycles. The Morgan fingerprint density at radius 3 is 2.62 bits per heavy atom. The van der Waals surface area contributed by atoms with Gasteiger partial charge >= 0.3 is 0 Å². The van der Waals surface area contributed by atoms with Gasteiger partial charge in [0, 0.05) is 19.8 Å². The third-order valence-corrected chi connectivity index (χ3v) is 4.21. The Balaban J connectivity index is 2.14. The summed E-state index contributed by atoms with van der Waals surface area (Å²) in [4.78, 5) is 14.7. The molecule has 4 nitrogen and oxygen atoms in total. The van der Waals surface area contributed by atoms with Crippen molar-refractivity contribution in [3.05, 3.63) is 35.9 Å². The molecule has 2 atom stereocenters. The second-order valence-electron chi connectivity index (χ2n) is 5.69. The molecular weight excluding hydrogens is 264 g/mol. The van der Waals surface area contributed by atoms with E-state index in [1.54, 1.807) is 0 Å². The van der Waals surface area contributed by atoms with E-state index in [1.165, 1.54) is 0 Å². The Labute approximate surface area is 127 Å². The Hall–Kier alpha value is -1.39. The molecule has 0 spiro atoms. The highest BCUT2D eigenvalue weighted by Crippen LogP contribution is 2.32. The van der Waals surface area contributed by atoms with Crippen LogP contribution in [0, 0.1) is 0 Å². The van der Waals surface area contributed by atoms with Gasteiger partial charge in [-0.3, -0.25) is 10.1 Å². The molecule has 21 heavy (non-hydrogen) atoms. The lowest BCUT2D eigenvalue weighted by Crippen LogP contribution is -2.43. The van der Waals surface area contributed by atoms with Gasteiger partial charge in [0.15, 0.2) is 0 Å². The summed E-state index contributed by atoms with van der Waals surface area (Å²) < 4.78 is 5.39. The summed E-state index contributed by atoms with van der Waals surface area (Å²) in [5.74, 6) is 0.190. The second kappa shape index (κ2) is 7.05. The van der Waals surface area contributed by atoms with E-state index in [4.69, 9.17) is 4.74 Å². The van der Waals surface area contributed by atoms with Crippen LogP contribution in [0.2, 0.25) is 0 Å². The molecule has 0 saturated carbocycles. The topological polar surface area (TPSA) is 41.6 Å². The number of hydrogen-bond donors (Lipinski definition) is 1. The number of carbonyl (C=O) groups excluding carboxylic acids is 1. The maximum Gasteiger partial charge on any atom is 0.244 e. The predicted octanol–water partition coefficient (Wildman–Crippen LogP) is 2.71. The van der Waals surface area contributed by atoms with Crippen LogP contribution < -0.4 is 5.32 Å². The molecule has 1 aliphatic heterocycles. The first kappa shape index (κ1) is 16.0. The molecule has 116 valence electrons. The van der Waals surface area contributed by atoms with Gasteiger partial charge in [-0.1, -0.05) is 37.3 Å². The van der Waals surface area contributed by atoms with Gasteiger partial charge in [-0.05, 0) is 32.3 Å². The summed E-state index contributed by atoms with van der Waals surface area (Å²) in [6, 6.07) is 10.2.